The number of allylic oxidation sites excluding steroid dienone is 2. The quantitative estimate of drug-likeness (QED) is 0.721. The first-order valence-electron chi connectivity index (χ1n) is 8.36. The number of benzene rings is 1. The Morgan fingerprint density at radius 3 is 2.78 bits per heavy atom. The number of ether oxygens (including phenoxy) is 1. The van der Waals surface area contributed by atoms with Crippen molar-refractivity contribution in [3.63, 3.8) is 0 Å². The summed E-state index contributed by atoms with van der Waals surface area (Å²) >= 11 is 1.16. The molecule has 4 rings (SSSR count). The van der Waals surface area contributed by atoms with Crippen molar-refractivity contribution in [1.29, 1.82) is 0 Å². The predicted molar refractivity (Wildman–Crippen MR) is 92.4 cm³/mol. The van der Waals surface area contributed by atoms with Crippen LogP contribution in [0.2, 0.25) is 0 Å². The van der Waals surface area contributed by atoms with Crippen molar-refractivity contribution in [2.24, 2.45) is 5.92 Å². The molecule has 4 nitrogen and oxygen atoms in total. The average molecular weight is 393 g/mol. The molecule has 27 heavy (non-hydrogen) atoms. The number of carbonyl (C=O) groups is 2. The highest BCUT2D eigenvalue weighted by atomic mass is 32.1. The number of fused-ring (bicyclic) bond motifs is 1. The summed E-state index contributed by atoms with van der Waals surface area (Å²) in [7, 11) is 0. The highest BCUT2D eigenvalue weighted by Crippen LogP contribution is 2.42. The number of alkyl halides is 2. The predicted octanol–water partition coefficient (Wildman–Crippen LogP) is 4.43. The van der Waals surface area contributed by atoms with Gasteiger partial charge in [-0.25, -0.2) is 9.37 Å². The van der Waals surface area contributed by atoms with E-state index in [9.17, 15) is 22.8 Å². The molecule has 140 valence electrons. The zero-order chi connectivity index (χ0) is 19.3. The van der Waals surface area contributed by atoms with Crippen molar-refractivity contribution in [3.8, 4) is 16.3 Å². The summed E-state index contributed by atoms with van der Waals surface area (Å²) in [5, 5.41) is 0.288. The number of hydrogen-bond donors (Lipinski definition) is 0. The van der Waals surface area contributed by atoms with Gasteiger partial charge in [-0.2, -0.15) is 8.78 Å². The number of Topliss-reactive ketones (excluding diaryl/α,β-unsaturated/α-hetero) is 2. The van der Waals surface area contributed by atoms with E-state index in [4.69, 9.17) is 0 Å². The molecule has 2 aliphatic carbocycles. The summed E-state index contributed by atoms with van der Waals surface area (Å²) in [6.07, 6.45) is 2.99. The van der Waals surface area contributed by atoms with Crippen molar-refractivity contribution in [2.75, 3.05) is 0 Å². The second-order valence-electron chi connectivity index (χ2n) is 6.52. The van der Waals surface area contributed by atoms with E-state index in [1.807, 2.05) is 0 Å². The molecule has 0 saturated carbocycles. The molecule has 0 fully saturated rings. The Balaban J connectivity index is 1.69. The van der Waals surface area contributed by atoms with Gasteiger partial charge in [0.25, 0.3) is 0 Å². The van der Waals surface area contributed by atoms with Crippen LogP contribution in [0.3, 0.4) is 0 Å². The van der Waals surface area contributed by atoms with E-state index in [2.05, 4.69) is 9.72 Å². The second kappa shape index (κ2) is 6.60. The number of ketones is 2. The summed E-state index contributed by atoms with van der Waals surface area (Å²) in [6, 6.07) is 3.38. The van der Waals surface area contributed by atoms with E-state index in [1.54, 1.807) is 13.0 Å². The third kappa shape index (κ3) is 3.07. The fourth-order valence-electron chi connectivity index (χ4n) is 3.57. The van der Waals surface area contributed by atoms with Crippen molar-refractivity contribution in [1.82, 2.24) is 4.98 Å². The smallest absolute Gasteiger partial charge is 0.387 e. The number of rotatable bonds is 4. The van der Waals surface area contributed by atoms with Crippen LogP contribution in [-0.4, -0.2) is 23.2 Å². The first-order valence-corrected chi connectivity index (χ1v) is 9.17. The zero-order valence-corrected chi connectivity index (χ0v) is 15.0. The maximum atomic E-state index is 14.4. The lowest BCUT2D eigenvalue weighted by Gasteiger charge is -2.19. The molecule has 0 amide bonds. The van der Waals surface area contributed by atoms with Gasteiger partial charge >= 0.3 is 6.61 Å². The van der Waals surface area contributed by atoms with Gasteiger partial charge in [0.2, 0.25) is 0 Å². The van der Waals surface area contributed by atoms with E-state index in [0.29, 0.717) is 29.0 Å². The Hall–Kier alpha value is -2.48. The number of carbonyl (C=O) groups excluding carboxylic acids is 2. The molecule has 1 heterocycles. The molecule has 0 radical (unpaired) electrons. The van der Waals surface area contributed by atoms with E-state index in [-0.39, 0.29) is 33.8 Å². The van der Waals surface area contributed by atoms with Crippen LogP contribution in [0.25, 0.3) is 10.6 Å². The van der Waals surface area contributed by atoms with E-state index < -0.39 is 18.3 Å². The summed E-state index contributed by atoms with van der Waals surface area (Å²) in [6.45, 7) is -1.31. The van der Waals surface area contributed by atoms with Crippen LogP contribution in [0, 0.1) is 18.7 Å². The lowest BCUT2D eigenvalue weighted by atomic mass is 9.82. The third-order valence-corrected chi connectivity index (χ3v) is 5.88. The van der Waals surface area contributed by atoms with Gasteiger partial charge in [0.05, 0.1) is 5.69 Å². The van der Waals surface area contributed by atoms with Crippen LogP contribution >= 0.6 is 11.3 Å². The summed E-state index contributed by atoms with van der Waals surface area (Å²) in [4.78, 5) is 30.3. The maximum Gasteiger partial charge on any atom is 0.387 e. The summed E-state index contributed by atoms with van der Waals surface area (Å²) in [5.74, 6) is -2.64. The van der Waals surface area contributed by atoms with Crippen molar-refractivity contribution in [3.05, 3.63) is 46.2 Å². The van der Waals surface area contributed by atoms with Gasteiger partial charge < -0.3 is 4.74 Å². The van der Waals surface area contributed by atoms with Crippen molar-refractivity contribution >= 4 is 22.9 Å². The molecule has 2 atom stereocenters. The Morgan fingerprint density at radius 1 is 1.30 bits per heavy atom. The van der Waals surface area contributed by atoms with Crippen LogP contribution in [-0.2, 0) is 9.59 Å². The monoisotopic (exact) mass is 393 g/mol. The molecule has 1 aromatic carbocycles. The number of thiazole rings is 1. The highest BCUT2D eigenvalue weighted by molar-refractivity contribution is 7.15. The minimum Gasteiger partial charge on any atom is -0.435 e. The van der Waals surface area contributed by atoms with Crippen LogP contribution in [0.4, 0.5) is 13.2 Å². The minimum absolute atomic E-state index is 0.105. The Kier molecular flexibility index (Phi) is 4.38. The number of hydrogen-bond acceptors (Lipinski definition) is 5. The number of nitrogens with zero attached hydrogens (tertiary/aromatic N) is 1. The van der Waals surface area contributed by atoms with Gasteiger partial charge in [0.1, 0.15) is 22.5 Å². The minimum atomic E-state index is -3.04. The zero-order valence-electron chi connectivity index (χ0n) is 14.2. The standard InChI is InChI=1S/C19H14F3NO3S/c1-8-15(14-16(24)9-2-3-10(6-9)17(14)25)23-18(27-8)12-5-4-11(7-13(12)20)26-19(21)22/h4-7,9,14,19H,2-3H2,1H3/t9-,14?/m1/s1. The first kappa shape index (κ1) is 17.9. The Bertz CT molecular complexity index is 983. The molecule has 2 aliphatic rings. The molecule has 0 spiro atoms. The fourth-order valence-corrected chi connectivity index (χ4v) is 4.55. The van der Waals surface area contributed by atoms with Crippen LogP contribution in [0.15, 0.2) is 29.8 Å². The lowest BCUT2D eigenvalue weighted by molar-refractivity contribution is -0.129. The van der Waals surface area contributed by atoms with E-state index in [0.717, 1.165) is 17.4 Å². The van der Waals surface area contributed by atoms with Gasteiger partial charge in [-0.05, 0) is 37.5 Å². The highest BCUT2D eigenvalue weighted by Gasteiger charge is 2.44. The third-order valence-electron chi connectivity index (χ3n) is 4.86. The topological polar surface area (TPSA) is 56.3 Å². The second-order valence-corrected chi connectivity index (χ2v) is 7.72. The van der Waals surface area contributed by atoms with Gasteiger partial charge in [-0.15, -0.1) is 11.3 Å². The largest absolute Gasteiger partial charge is 0.435 e. The van der Waals surface area contributed by atoms with Gasteiger partial charge in [-0.3, -0.25) is 9.59 Å². The van der Waals surface area contributed by atoms with E-state index in [1.165, 1.54) is 12.1 Å². The lowest BCUT2D eigenvalue weighted by Crippen LogP contribution is -2.29. The summed E-state index contributed by atoms with van der Waals surface area (Å²) < 4.78 is 43.1. The molecule has 8 heteroatoms. The molecular weight excluding hydrogens is 379 g/mol. The molecule has 1 aromatic heterocycles. The molecule has 2 aromatic rings. The fraction of sp³-hybridized carbons (Fsp3) is 0.316. The Morgan fingerprint density at radius 2 is 2.07 bits per heavy atom. The first-order chi connectivity index (χ1) is 12.8. The molecule has 0 aliphatic heterocycles. The van der Waals surface area contributed by atoms with Gasteiger partial charge in [0.15, 0.2) is 11.6 Å². The summed E-state index contributed by atoms with van der Waals surface area (Å²) in [5.41, 5.74) is 1.13. The molecule has 0 N–H and O–H groups in total. The number of aromatic nitrogens is 1. The number of aryl methyl sites for hydroxylation is 1. The van der Waals surface area contributed by atoms with Crippen LogP contribution < -0.4 is 4.74 Å². The molecule has 1 unspecified atom stereocenters. The molecule has 2 bridgehead atoms. The van der Waals surface area contributed by atoms with Gasteiger partial charge in [-0.1, -0.05) is 6.08 Å². The average Bonchev–Trinajstić information content (AvgIpc) is 3.19. The number of halogens is 3. The van der Waals surface area contributed by atoms with Crippen LogP contribution in [0.1, 0.15) is 29.3 Å². The molecule has 0 saturated heterocycles. The SMILES string of the molecule is Cc1sc(-c2ccc(OC(F)F)cc2F)nc1C1C(=O)C2=C[C@@H](CC2)C1=O. The maximum absolute atomic E-state index is 14.4. The molecular formula is C19H14F3NO3S. The van der Waals surface area contributed by atoms with Crippen molar-refractivity contribution in [2.45, 2.75) is 32.3 Å². The van der Waals surface area contributed by atoms with Crippen LogP contribution in [0.5, 0.6) is 5.75 Å². The Labute approximate surface area is 156 Å². The van der Waals surface area contributed by atoms with Crippen molar-refractivity contribution < 1.29 is 27.5 Å². The van der Waals surface area contributed by atoms with Gasteiger partial charge in [0, 0.05) is 22.4 Å². The van der Waals surface area contributed by atoms with E-state index >= 15 is 0 Å². The normalized spacial score (nSPS) is 21.7.